The molecule has 18 heavy (non-hydrogen) atoms. The second-order valence-electron chi connectivity index (χ2n) is 4.12. The van der Waals surface area contributed by atoms with E-state index >= 15 is 0 Å². The van der Waals surface area contributed by atoms with Crippen molar-refractivity contribution in [1.29, 1.82) is 0 Å². The first-order valence-corrected chi connectivity index (χ1v) is 5.55. The normalized spacial score (nSPS) is 22.3. The van der Waals surface area contributed by atoms with E-state index in [0.29, 0.717) is 19.0 Å². The van der Waals surface area contributed by atoms with E-state index in [2.05, 4.69) is 14.9 Å². The number of alkyl halides is 3. The summed E-state index contributed by atoms with van der Waals surface area (Å²) in [6.45, 7) is 1.25. The van der Waals surface area contributed by atoms with Crippen molar-refractivity contribution < 1.29 is 27.2 Å². The maximum atomic E-state index is 12.0. The molecule has 1 saturated heterocycles. The van der Waals surface area contributed by atoms with Gasteiger partial charge in [-0.15, -0.1) is 0 Å². The molecule has 1 aromatic rings. The van der Waals surface area contributed by atoms with Crippen LogP contribution in [0.2, 0.25) is 0 Å². The molecule has 0 aliphatic carbocycles. The van der Waals surface area contributed by atoms with Gasteiger partial charge in [-0.05, 0) is 13.3 Å². The van der Waals surface area contributed by atoms with Crippen molar-refractivity contribution in [3.05, 3.63) is 11.7 Å². The Bertz CT molecular complexity index is 388. The van der Waals surface area contributed by atoms with Crippen LogP contribution in [0.1, 0.15) is 37.1 Å². The maximum absolute atomic E-state index is 12.0. The Balaban J connectivity index is 1.92. The number of nitrogens with zero attached hydrogens (tertiary/aromatic N) is 2. The predicted molar refractivity (Wildman–Crippen MR) is 52.9 cm³/mol. The summed E-state index contributed by atoms with van der Waals surface area (Å²) < 4.78 is 50.6. The Hall–Kier alpha value is -1.15. The van der Waals surface area contributed by atoms with Crippen molar-refractivity contribution in [1.82, 2.24) is 10.1 Å². The topological polar surface area (TPSA) is 57.4 Å². The van der Waals surface area contributed by atoms with E-state index in [9.17, 15) is 13.2 Å². The molecule has 0 aromatic carbocycles. The lowest BCUT2D eigenvalue weighted by Gasteiger charge is -2.10. The first-order valence-electron chi connectivity index (χ1n) is 5.55. The summed E-state index contributed by atoms with van der Waals surface area (Å²) >= 11 is 0. The number of hydrogen-bond donors (Lipinski definition) is 0. The van der Waals surface area contributed by atoms with E-state index in [4.69, 9.17) is 9.26 Å². The smallest absolute Gasteiger partial charge is 0.381 e. The van der Waals surface area contributed by atoms with Gasteiger partial charge in [0.1, 0.15) is 12.7 Å². The highest BCUT2D eigenvalue weighted by Gasteiger charge is 2.30. The summed E-state index contributed by atoms with van der Waals surface area (Å²) in [6.07, 6.45) is -4.46. The fourth-order valence-electron chi connectivity index (χ4n) is 1.61. The van der Waals surface area contributed by atoms with Crippen LogP contribution in [0.25, 0.3) is 0 Å². The van der Waals surface area contributed by atoms with Gasteiger partial charge < -0.3 is 14.0 Å². The van der Waals surface area contributed by atoms with Crippen molar-refractivity contribution in [3.63, 3.8) is 0 Å². The molecule has 0 bridgehead atoms. The maximum Gasteiger partial charge on any atom is 0.411 e. The molecule has 2 rings (SSSR count). The van der Waals surface area contributed by atoms with Crippen LogP contribution in [0.3, 0.4) is 0 Å². The van der Waals surface area contributed by atoms with E-state index in [1.165, 1.54) is 6.92 Å². The molecule has 1 aromatic heterocycles. The SMILES string of the molecule is C[C@@H](OCC(F)(F)F)c1nc([C@H]2CCOC2)no1. The Morgan fingerprint density at radius 1 is 1.50 bits per heavy atom. The molecule has 0 spiro atoms. The first-order chi connectivity index (χ1) is 8.46. The molecular formula is C10H13F3N2O3. The van der Waals surface area contributed by atoms with E-state index in [-0.39, 0.29) is 11.8 Å². The Labute approximate surface area is 101 Å². The van der Waals surface area contributed by atoms with Gasteiger partial charge in [0.2, 0.25) is 0 Å². The highest BCUT2D eigenvalue weighted by Crippen LogP contribution is 2.25. The van der Waals surface area contributed by atoms with Gasteiger partial charge in [0.15, 0.2) is 5.82 Å². The summed E-state index contributed by atoms with van der Waals surface area (Å²) in [4.78, 5) is 4.04. The lowest BCUT2D eigenvalue weighted by atomic mass is 10.1. The van der Waals surface area contributed by atoms with E-state index in [1.54, 1.807) is 0 Å². The molecule has 1 aliphatic heterocycles. The van der Waals surface area contributed by atoms with Gasteiger partial charge in [-0.1, -0.05) is 5.16 Å². The zero-order chi connectivity index (χ0) is 13.2. The zero-order valence-electron chi connectivity index (χ0n) is 9.74. The van der Waals surface area contributed by atoms with Crippen LogP contribution < -0.4 is 0 Å². The number of aromatic nitrogens is 2. The molecular weight excluding hydrogens is 253 g/mol. The summed E-state index contributed by atoms with van der Waals surface area (Å²) in [5.74, 6) is 0.573. The van der Waals surface area contributed by atoms with Crippen LogP contribution in [-0.4, -0.2) is 36.1 Å². The van der Waals surface area contributed by atoms with Crippen molar-refractivity contribution in [2.24, 2.45) is 0 Å². The molecule has 8 heteroatoms. The van der Waals surface area contributed by atoms with Crippen LogP contribution >= 0.6 is 0 Å². The minimum Gasteiger partial charge on any atom is -0.381 e. The number of halogens is 3. The Morgan fingerprint density at radius 2 is 2.28 bits per heavy atom. The quantitative estimate of drug-likeness (QED) is 0.836. The van der Waals surface area contributed by atoms with Gasteiger partial charge in [0, 0.05) is 12.5 Å². The number of rotatable bonds is 4. The van der Waals surface area contributed by atoms with Crippen molar-refractivity contribution in [2.75, 3.05) is 19.8 Å². The predicted octanol–water partition coefficient (Wildman–Crippen LogP) is 2.21. The zero-order valence-corrected chi connectivity index (χ0v) is 9.74. The van der Waals surface area contributed by atoms with Crippen LogP contribution in [0.4, 0.5) is 13.2 Å². The molecule has 102 valence electrons. The third-order valence-corrected chi connectivity index (χ3v) is 2.60. The number of ether oxygens (including phenoxy) is 2. The molecule has 2 atom stereocenters. The van der Waals surface area contributed by atoms with Gasteiger partial charge in [-0.25, -0.2) is 0 Å². The lowest BCUT2D eigenvalue weighted by Crippen LogP contribution is -2.18. The average molecular weight is 266 g/mol. The highest BCUT2D eigenvalue weighted by atomic mass is 19.4. The third kappa shape index (κ3) is 3.42. The monoisotopic (exact) mass is 266 g/mol. The second kappa shape index (κ2) is 5.23. The average Bonchev–Trinajstić information content (AvgIpc) is 2.94. The molecule has 0 saturated carbocycles. The largest absolute Gasteiger partial charge is 0.411 e. The van der Waals surface area contributed by atoms with E-state index in [1.807, 2.05) is 0 Å². The fourth-order valence-corrected chi connectivity index (χ4v) is 1.61. The standard InChI is InChI=1S/C10H13F3N2O3/c1-6(17-5-10(11,12)13)9-14-8(15-18-9)7-2-3-16-4-7/h6-7H,2-5H2,1H3/t6-,7+/m1/s1. The third-order valence-electron chi connectivity index (χ3n) is 2.60. The molecule has 1 aliphatic rings. The van der Waals surface area contributed by atoms with Crippen molar-refractivity contribution in [3.8, 4) is 0 Å². The summed E-state index contributed by atoms with van der Waals surface area (Å²) in [5, 5.41) is 3.74. The Kier molecular flexibility index (Phi) is 3.86. The van der Waals surface area contributed by atoms with Gasteiger partial charge in [0.25, 0.3) is 5.89 Å². The van der Waals surface area contributed by atoms with Crippen LogP contribution in [0, 0.1) is 0 Å². The van der Waals surface area contributed by atoms with Crippen LogP contribution in [-0.2, 0) is 9.47 Å². The van der Waals surface area contributed by atoms with Gasteiger partial charge in [-0.2, -0.15) is 18.2 Å². The fraction of sp³-hybridized carbons (Fsp3) is 0.800. The molecule has 1 fully saturated rings. The molecule has 0 N–H and O–H groups in total. The highest BCUT2D eigenvalue weighted by molar-refractivity contribution is 4.98. The second-order valence-corrected chi connectivity index (χ2v) is 4.12. The van der Waals surface area contributed by atoms with Gasteiger partial charge in [-0.3, -0.25) is 0 Å². The van der Waals surface area contributed by atoms with Crippen molar-refractivity contribution in [2.45, 2.75) is 31.5 Å². The minimum absolute atomic E-state index is 0.0531. The molecule has 0 unspecified atom stereocenters. The van der Waals surface area contributed by atoms with Gasteiger partial charge >= 0.3 is 6.18 Å². The Morgan fingerprint density at radius 3 is 2.89 bits per heavy atom. The van der Waals surface area contributed by atoms with Gasteiger partial charge in [0.05, 0.1) is 6.61 Å². The van der Waals surface area contributed by atoms with Crippen LogP contribution in [0.5, 0.6) is 0 Å². The van der Waals surface area contributed by atoms with E-state index < -0.39 is 18.9 Å². The van der Waals surface area contributed by atoms with Crippen LogP contribution in [0.15, 0.2) is 4.52 Å². The lowest BCUT2D eigenvalue weighted by molar-refractivity contribution is -0.186. The molecule has 2 heterocycles. The summed E-state index contributed by atoms with van der Waals surface area (Å²) in [5.41, 5.74) is 0. The number of hydrogen-bond acceptors (Lipinski definition) is 5. The molecule has 0 radical (unpaired) electrons. The first kappa shape index (κ1) is 13.3. The molecule has 5 nitrogen and oxygen atoms in total. The van der Waals surface area contributed by atoms with Crippen molar-refractivity contribution >= 4 is 0 Å². The summed E-state index contributed by atoms with van der Waals surface area (Å²) in [6, 6.07) is 0. The minimum atomic E-state index is -4.36. The molecule has 0 amide bonds. The van der Waals surface area contributed by atoms with E-state index in [0.717, 1.165) is 6.42 Å². The summed E-state index contributed by atoms with van der Waals surface area (Å²) in [7, 11) is 0.